The molecule has 1 aliphatic rings. The molecular formula is C22H21Cl2N5O2S. The summed E-state index contributed by atoms with van der Waals surface area (Å²) < 4.78 is 0. The molecule has 0 spiro atoms. The Hall–Kier alpha value is -2.68. The number of carbonyl (C=O) groups is 2. The summed E-state index contributed by atoms with van der Waals surface area (Å²) in [5, 5.41) is 9.12. The molecule has 0 bridgehead atoms. The fourth-order valence-corrected chi connectivity index (χ4v) is 4.56. The number of likely N-dealkylation sites (tertiary alicyclic amines) is 1. The Kier molecular flexibility index (Phi) is 7.24. The second-order valence-corrected chi connectivity index (χ2v) is 9.08. The molecule has 0 unspecified atom stereocenters. The van der Waals surface area contributed by atoms with Crippen LogP contribution in [0.25, 0.3) is 0 Å². The zero-order valence-electron chi connectivity index (χ0n) is 17.1. The summed E-state index contributed by atoms with van der Waals surface area (Å²) in [6.45, 7) is 1.40. The van der Waals surface area contributed by atoms with E-state index in [0.29, 0.717) is 46.2 Å². The molecule has 2 aromatic heterocycles. The van der Waals surface area contributed by atoms with Gasteiger partial charge in [-0.15, -0.1) is 11.3 Å². The molecule has 7 nitrogen and oxygen atoms in total. The highest BCUT2D eigenvalue weighted by atomic mass is 35.5. The first kappa shape index (κ1) is 22.5. The van der Waals surface area contributed by atoms with Crippen molar-refractivity contribution < 1.29 is 9.59 Å². The Bertz CT molecular complexity index is 1110. The normalized spacial score (nSPS) is 15.9. The van der Waals surface area contributed by atoms with Crippen molar-refractivity contribution in [1.82, 2.24) is 20.2 Å². The van der Waals surface area contributed by atoms with E-state index in [2.05, 4.69) is 20.6 Å². The highest BCUT2D eigenvalue weighted by Gasteiger charge is 2.29. The van der Waals surface area contributed by atoms with Crippen molar-refractivity contribution >= 4 is 57.2 Å². The molecule has 4 rings (SSSR count). The first-order valence-electron chi connectivity index (χ1n) is 10.1. The third-order valence-corrected chi connectivity index (χ3v) is 6.76. The number of hydrogen-bond donors (Lipinski definition) is 2. The standard InChI is InChI=1S/C22H21Cl2N5O2S/c23-16-6-1-7-17(19(16)24)27-22-28-18(13-32-22)21(31)29-9-3-5-15(12-29)20(30)26-11-14-4-2-8-25-10-14/h1-2,4,6-8,10,13,15H,3,5,9,11-12H2,(H,26,30)(H,27,28)/t15-/m1/s1. The average Bonchev–Trinajstić information content (AvgIpc) is 3.29. The molecule has 1 fully saturated rings. The van der Waals surface area contributed by atoms with Crippen molar-refractivity contribution in [2.24, 2.45) is 5.92 Å². The number of benzene rings is 1. The molecule has 1 atom stereocenters. The van der Waals surface area contributed by atoms with Crippen molar-refractivity contribution in [1.29, 1.82) is 0 Å². The number of nitrogens with one attached hydrogen (secondary N) is 2. The van der Waals surface area contributed by atoms with Crippen LogP contribution in [0, 0.1) is 5.92 Å². The van der Waals surface area contributed by atoms with Crippen LogP contribution in [0.15, 0.2) is 48.1 Å². The van der Waals surface area contributed by atoms with Crippen LogP contribution in [0.2, 0.25) is 10.0 Å². The van der Waals surface area contributed by atoms with E-state index in [-0.39, 0.29) is 17.7 Å². The van der Waals surface area contributed by atoms with Gasteiger partial charge >= 0.3 is 0 Å². The number of carbonyl (C=O) groups excluding carboxylic acids is 2. The van der Waals surface area contributed by atoms with Crippen LogP contribution < -0.4 is 10.6 Å². The molecule has 3 aromatic rings. The number of piperidine rings is 1. The number of anilines is 2. The number of rotatable bonds is 6. The predicted molar refractivity (Wildman–Crippen MR) is 127 cm³/mol. The topological polar surface area (TPSA) is 87.2 Å². The van der Waals surface area contributed by atoms with Crippen LogP contribution in [0.3, 0.4) is 0 Å². The van der Waals surface area contributed by atoms with Crippen molar-refractivity contribution in [2.75, 3.05) is 18.4 Å². The van der Waals surface area contributed by atoms with Gasteiger partial charge in [0, 0.05) is 37.4 Å². The molecule has 32 heavy (non-hydrogen) atoms. The van der Waals surface area contributed by atoms with Gasteiger partial charge in [0.2, 0.25) is 5.91 Å². The molecule has 166 valence electrons. The van der Waals surface area contributed by atoms with Gasteiger partial charge in [-0.1, -0.05) is 35.3 Å². The summed E-state index contributed by atoms with van der Waals surface area (Å²) in [5.74, 6) is -0.482. The van der Waals surface area contributed by atoms with E-state index < -0.39 is 0 Å². The number of nitrogens with zero attached hydrogens (tertiary/aromatic N) is 3. The Morgan fingerprint density at radius 3 is 2.91 bits per heavy atom. The molecule has 0 aliphatic carbocycles. The first-order valence-corrected chi connectivity index (χ1v) is 11.8. The van der Waals surface area contributed by atoms with Gasteiger partial charge < -0.3 is 15.5 Å². The van der Waals surface area contributed by atoms with Gasteiger partial charge in [0.05, 0.1) is 21.7 Å². The van der Waals surface area contributed by atoms with E-state index in [0.717, 1.165) is 18.4 Å². The summed E-state index contributed by atoms with van der Waals surface area (Å²) in [5.41, 5.74) is 1.90. The fourth-order valence-electron chi connectivity index (χ4n) is 3.52. The summed E-state index contributed by atoms with van der Waals surface area (Å²) >= 11 is 13.6. The summed E-state index contributed by atoms with van der Waals surface area (Å²) in [6.07, 6.45) is 4.93. The number of pyridine rings is 1. The van der Waals surface area contributed by atoms with Crippen LogP contribution in [0.1, 0.15) is 28.9 Å². The molecule has 10 heteroatoms. The third kappa shape index (κ3) is 5.38. The second-order valence-electron chi connectivity index (χ2n) is 7.43. The zero-order valence-corrected chi connectivity index (χ0v) is 19.4. The van der Waals surface area contributed by atoms with Crippen molar-refractivity contribution in [3.63, 3.8) is 0 Å². The largest absolute Gasteiger partial charge is 0.352 e. The zero-order chi connectivity index (χ0) is 22.5. The lowest BCUT2D eigenvalue weighted by Gasteiger charge is -2.31. The van der Waals surface area contributed by atoms with Gasteiger partial charge in [0.15, 0.2) is 5.13 Å². The number of aromatic nitrogens is 2. The van der Waals surface area contributed by atoms with Crippen molar-refractivity contribution in [3.05, 3.63) is 69.4 Å². The SMILES string of the molecule is O=C(NCc1cccnc1)[C@@H]1CCCN(C(=O)c2csc(Nc3cccc(Cl)c3Cl)n2)C1. The number of hydrogen-bond acceptors (Lipinski definition) is 6. The van der Waals surface area contributed by atoms with Gasteiger partial charge in [-0.25, -0.2) is 4.98 Å². The Morgan fingerprint density at radius 2 is 2.09 bits per heavy atom. The smallest absolute Gasteiger partial charge is 0.273 e. The van der Waals surface area contributed by atoms with E-state index in [1.807, 2.05) is 12.1 Å². The molecule has 2 N–H and O–H groups in total. The van der Waals surface area contributed by atoms with E-state index in [1.54, 1.807) is 40.9 Å². The molecule has 3 heterocycles. The number of amides is 2. The quantitative estimate of drug-likeness (QED) is 0.521. The van der Waals surface area contributed by atoms with Gasteiger partial charge in [-0.2, -0.15) is 0 Å². The Balaban J connectivity index is 1.36. The molecule has 2 amide bonds. The van der Waals surface area contributed by atoms with E-state index in [4.69, 9.17) is 23.2 Å². The molecule has 0 saturated carbocycles. The monoisotopic (exact) mass is 489 g/mol. The van der Waals surface area contributed by atoms with Crippen LogP contribution in [0.5, 0.6) is 0 Å². The van der Waals surface area contributed by atoms with Crippen molar-refractivity contribution in [2.45, 2.75) is 19.4 Å². The minimum absolute atomic E-state index is 0.0532. The van der Waals surface area contributed by atoms with Crippen LogP contribution >= 0.6 is 34.5 Å². The predicted octanol–water partition coefficient (Wildman–Crippen LogP) is 4.76. The van der Waals surface area contributed by atoms with E-state index in [1.165, 1.54) is 11.3 Å². The number of thiazole rings is 1. The van der Waals surface area contributed by atoms with Crippen LogP contribution in [0.4, 0.5) is 10.8 Å². The second kappa shape index (κ2) is 10.3. The lowest BCUT2D eigenvalue weighted by molar-refractivity contribution is -0.126. The maximum absolute atomic E-state index is 13.0. The molecule has 0 radical (unpaired) electrons. The summed E-state index contributed by atoms with van der Waals surface area (Å²) in [6, 6.07) is 9.01. The highest BCUT2D eigenvalue weighted by Crippen LogP contribution is 2.32. The van der Waals surface area contributed by atoms with E-state index in [9.17, 15) is 9.59 Å². The van der Waals surface area contributed by atoms with E-state index >= 15 is 0 Å². The molecule has 1 aromatic carbocycles. The lowest BCUT2D eigenvalue weighted by atomic mass is 9.97. The van der Waals surface area contributed by atoms with Gasteiger partial charge in [-0.05, 0) is 36.6 Å². The Labute approximate surface area is 199 Å². The Morgan fingerprint density at radius 1 is 1.22 bits per heavy atom. The molecule has 1 saturated heterocycles. The maximum Gasteiger partial charge on any atom is 0.273 e. The highest BCUT2D eigenvalue weighted by molar-refractivity contribution is 7.14. The van der Waals surface area contributed by atoms with Gasteiger partial charge in [0.25, 0.3) is 5.91 Å². The summed E-state index contributed by atoms with van der Waals surface area (Å²) in [4.78, 5) is 35.8. The van der Waals surface area contributed by atoms with Crippen molar-refractivity contribution in [3.8, 4) is 0 Å². The van der Waals surface area contributed by atoms with Crippen LogP contribution in [-0.2, 0) is 11.3 Å². The molecular weight excluding hydrogens is 469 g/mol. The number of halogens is 2. The maximum atomic E-state index is 13.0. The first-order chi connectivity index (χ1) is 15.5. The van der Waals surface area contributed by atoms with Gasteiger partial charge in [0.1, 0.15) is 5.69 Å². The minimum atomic E-state index is -0.245. The molecule has 1 aliphatic heterocycles. The third-order valence-electron chi connectivity index (χ3n) is 5.19. The summed E-state index contributed by atoms with van der Waals surface area (Å²) in [7, 11) is 0. The average molecular weight is 490 g/mol. The van der Waals surface area contributed by atoms with Crippen LogP contribution in [-0.4, -0.2) is 39.8 Å². The van der Waals surface area contributed by atoms with Gasteiger partial charge in [-0.3, -0.25) is 14.6 Å². The lowest BCUT2D eigenvalue weighted by Crippen LogP contribution is -2.45. The minimum Gasteiger partial charge on any atom is -0.352 e. The fraction of sp³-hybridized carbons (Fsp3) is 0.273.